The van der Waals surface area contributed by atoms with Gasteiger partial charge in [-0.15, -0.1) is 0 Å². The first-order valence-electron chi connectivity index (χ1n) is 8.99. The zero-order valence-electron chi connectivity index (χ0n) is 15.8. The number of nitrogens with zero attached hydrogens (tertiary/aromatic N) is 4. The Hall–Kier alpha value is -3.57. The number of carboxylic acids is 1. The number of amides is 1. The number of nitro groups is 1. The first kappa shape index (κ1) is 20.7. The molecular weight excluding hydrogens is 440 g/mol. The van der Waals surface area contributed by atoms with Gasteiger partial charge in [-0.05, 0) is 17.7 Å². The van der Waals surface area contributed by atoms with E-state index in [4.69, 9.17) is 17.3 Å². The minimum Gasteiger partial charge on any atom is -0.480 e. The van der Waals surface area contributed by atoms with Crippen LogP contribution in [0.5, 0.6) is 0 Å². The Bertz CT molecular complexity index is 1270. The molecule has 1 N–H and O–H groups in total. The fourth-order valence-electron chi connectivity index (χ4n) is 3.16. The minimum absolute atomic E-state index is 0.00145. The van der Waals surface area contributed by atoms with Crippen LogP contribution in [0.25, 0.3) is 17.1 Å². The number of benzene rings is 2. The number of rotatable bonds is 6. The Kier molecular flexibility index (Phi) is 5.53. The first-order valence-corrected chi connectivity index (χ1v) is 10.2. The normalized spacial score (nSPS) is 15.2. The molecule has 0 spiro atoms. The highest BCUT2D eigenvalue weighted by atomic mass is 32.2. The second-order valence-electron chi connectivity index (χ2n) is 6.63. The third-order valence-corrected chi connectivity index (χ3v) is 5.98. The highest BCUT2D eigenvalue weighted by molar-refractivity contribution is 8.26. The van der Waals surface area contributed by atoms with E-state index in [9.17, 15) is 19.7 Å². The first-order chi connectivity index (χ1) is 14.8. The fraction of sp³-hybridized carbons (Fsp3) is 0.100. The van der Waals surface area contributed by atoms with Crippen molar-refractivity contribution in [2.45, 2.75) is 6.54 Å². The van der Waals surface area contributed by atoms with Crippen molar-refractivity contribution in [3.05, 3.63) is 74.9 Å². The molecule has 0 radical (unpaired) electrons. The summed E-state index contributed by atoms with van der Waals surface area (Å²) in [5.41, 5.74) is 2.37. The number of nitro benzene ring substituents is 1. The molecule has 1 fully saturated rings. The molecule has 2 aromatic carbocycles. The van der Waals surface area contributed by atoms with Crippen molar-refractivity contribution in [1.29, 1.82) is 0 Å². The lowest BCUT2D eigenvalue weighted by Crippen LogP contribution is -2.33. The van der Waals surface area contributed by atoms with Gasteiger partial charge in [0.25, 0.3) is 11.6 Å². The van der Waals surface area contributed by atoms with Crippen LogP contribution in [0.1, 0.15) is 11.4 Å². The van der Waals surface area contributed by atoms with E-state index in [1.807, 2.05) is 28.8 Å². The zero-order valence-corrected chi connectivity index (χ0v) is 17.4. The van der Waals surface area contributed by atoms with Gasteiger partial charge in [0.2, 0.25) is 0 Å². The van der Waals surface area contributed by atoms with E-state index in [0.29, 0.717) is 12.4 Å². The Balaban J connectivity index is 1.72. The molecule has 1 amide bonds. The van der Waals surface area contributed by atoms with Gasteiger partial charge in [0.15, 0.2) is 0 Å². The van der Waals surface area contributed by atoms with Gasteiger partial charge >= 0.3 is 5.97 Å². The molecule has 4 rings (SSSR count). The molecule has 156 valence electrons. The third kappa shape index (κ3) is 4.18. The van der Waals surface area contributed by atoms with Crippen LogP contribution < -0.4 is 0 Å². The van der Waals surface area contributed by atoms with E-state index in [1.165, 1.54) is 12.1 Å². The van der Waals surface area contributed by atoms with Crippen molar-refractivity contribution < 1.29 is 19.6 Å². The molecule has 1 saturated heterocycles. The van der Waals surface area contributed by atoms with Gasteiger partial charge in [0.1, 0.15) is 16.7 Å². The average Bonchev–Trinajstić information content (AvgIpc) is 3.20. The molecule has 1 aliphatic rings. The largest absolute Gasteiger partial charge is 0.480 e. The van der Waals surface area contributed by atoms with Gasteiger partial charge in [-0.3, -0.25) is 24.6 Å². The summed E-state index contributed by atoms with van der Waals surface area (Å²) in [6.07, 6.45) is 1.59. The third-order valence-electron chi connectivity index (χ3n) is 4.60. The summed E-state index contributed by atoms with van der Waals surface area (Å²) in [6, 6.07) is 13.7. The van der Waals surface area contributed by atoms with E-state index in [-0.39, 0.29) is 14.9 Å². The number of carboxylic acid groups (broad SMARTS) is 1. The van der Waals surface area contributed by atoms with Gasteiger partial charge in [-0.25, -0.2) is 4.98 Å². The fourth-order valence-corrected chi connectivity index (χ4v) is 4.39. The summed E-state index contributed by atoms with van der Waals surface area (Å²) in [7, 11) is 0. The number of carbonyl (C=O) groups is 2. The number of thioether (sulfide) groups is 1. The van der Waals surface area contributed by atoms with Crippen LogP contribution in [0.4, 0.5) is 5.69 Å². The number of thiocarbonyl (C=S) groups is 1. The summed E-state index contributed by atoms with van der Waals surface area (Å²) >= 11 is 6.17. The topological polar surface area (TPSA) is 119 Å². The Labute approximate surface area is 185 Å². The molecule has 0 unspecified atom stereocenters. The monoisotopic (exact) mass is 454 g/mol. The zero-order chi connectivity index (χ0) is 22.1. The van der Waals surface area contributed by atoms with Crippen molar-refractivity contribution in [1.82, 2.24) is 14.5 Å². The summed E-state index contributed by atoms with van der Waals surface area (Å²) < 4.78 is 2.07. The molecule has 0 atom stereocenters. The molecule has 1 aliphatic heterocycles. The van der Waals surface area contributed by atoms with Crippen molar-refractivity contribution in [2.24, 2.45) is 0 Å². The summed E-state index contributed by atoms with van der Waals surface area (Å²) in [4.78, 5) is 40.0. The van der Waals surface area contributed by atoms with Gasteiger partial charge in [0, 0.05) is 24.8 Å². The maximum absolute atomic E-state index is 12.6. The molecular formula is C20H14N4O5S2. The Morgan fingerprint density at radius 1 is 1.23 bits per heavy atom. The standard InChI is InChI=1S/C20H14N4O5S2/c25-18(26)11-23-19(27)16(31-20(23)30)9-17-21-14-3-1-2-4-15(14)22(17)10-12-5-7-13(8-6-12)24(28)29/h1-9H,10-11H2,(H,25,26)/b16-9-. The predicted octanol–water partition coefficient (Wildman–Crippen LogP) is 3.28. The molecule has 9 nitrogen and oxygen atoms in total. The number of hydrogen-bond acceptors (Lipinski definition) is 7. The molecule has 2 heterocycles. The molecule has 11 heteroatoms. The lowest BCUT2D eigenvalue weighted by atomic mass is 10.2. The van der Waals surface area contributed by atoms with Crippen LogP contribution in [-0.4, -0.2) is 47.2 Å². The number of imidazole rings is 1. The highest BCUT2D eigenvalue weighted by Gasteiger charge is 2.33. The predicted molar refractivity (Wildman–Crippen MR) is 119 cm³/mol. The van der Waals surface area contributed by atoms with E-state index in [1.54, 1.807) is 18.2 Å². The lowest BCUT2D eigenvalue weighted by Gasteiger charge is -2.10. The summed E-state index contributed by atoms with van der Waals surface area (Å²) in [5.74, 6) is -1.13. The second-order valence-corrected chi connectivity index (χ2v) is 8.31. The maximum Gasteiger partial charge on any atom is 0.323 e. The van der Waals surface area contributed by atoms with Crippen LogP contribution >= 0.6 is 24.0 Å². The number of aliphatic carboxylic acids is 1. The number of para-hydroxylation sites is 2. The van der Waals surface area contributed by atoms with E-state index in [2.05, 4.69) is 4.98 Å². The molecule has 0 aliphatic carbocycles. The molecule has 0 bridgehead atoms. The molecule has 0 saturated carbocycles. The van der Waals surface area contributed by atoms with Crippen LogP contribution in [0.3, 0.4) is 0 Å². The SMILES string of the molecule is O=C(O)CN1C(=O)/C(=C/c2nc3ccccc3n2Cc2ccc([N+](=O)[O-])cc2)SC1=S. The number of fused-ring (bicyclic) bond motifs is 1. The second kappa shape index (κ2) is 8.28. The molecule has 31 heavy (non-hydrogen) atoms. The van der Waals surface area contributed by atoms with E-state index >= 15 is 0 Å². The highest BCUT2D eigenvalue weighted by Crippen LogP contribution is 2.33. The Morgan fingerprint density at radius 2 is 1.94 bits per heavy atom. The van der Waals surface area contributed by atoms with Crippen LogP contribution in [-0.2, 0) is 16.1 Å². The number of carbonyl (C=O) groups excluding carboxylic acids is 1. The number of aromatic nitrogens is 2. The van der Waals surface area contributed by atoms with E-state index in [0.717, 1.165) is 33.3 Å². The van der Waals surface area contributed by atoms with Gasteiger partial charge < -0.3 is 9.67 Å². The Morgan fingerprint density at radius 3 is 2.61 bits per heavy atom. The van der Waals surface area contributed by atoms with E-state index < -0.39 is 23.3 Å². The quantitative estimate of drug-likeness (QED) is 0.261. The van der Waals surface area contributed by atoms with Gasteiger partial charge in [-0.2, -0.15) is 0 Å². The van der Waals surface area contributed by atoms with Crippen molar-refractivity contribution >= 4 is 63.0 Å². The van der Waals surface area contributed by atoms with Crippen molar-refractivity contribution in [2.75, 3.05) is 6.54 Å². The summed E-state index contributed by atoms with van der Waals surface area (Å²) in [6.45, 7) is -0.124. The summed E-state index contributed by atoms with van der Waals surface area (Å²) in [5, 5.41) is 19.9. The molecule has 3 aromatic rings. The minimum atomic E-state index is -1.15. The number of non-ortho nitro benzene ring substituents is 1. The van der Waals surface area contributed by atoms with Gasteiger partial charge in [0.05, 0.1) is 20.9 Å². The average molecular weight is 454 g/mol. The lowest BCUT2D eigenvalue weighted by molar-refractivity contribution is -0.384. The van der Waals surface area contributed by atoms with Crippen LogP contribution in [0.2, 0.25) is 0 Å². The maximum atomic E-state index is 12.6. The molecule has 1 aromatic heterocycles. The smallest absolute Gasteiger partial charge is 0.323 e. The van der Waals surface area contributed by atoms with Gasteiger partial charge in [-0.1, -0.05) is 48.2 Å². The van der Waals surface area contributed by atoms with Crippen LogP contribution in [0.15, 0.2) is 53.4 Å². The van der Waals surface area contributed by atoms with Crippen molar-refractivity contribution in [3.8, 4) is 0 Å². The van der Waals surface area contributed by atoms with Crippen LogP contribution in [0, 0.1) is 10.1 Å². The van der Waals surface area contributed by atoms with Crippen molar-refractivity contribution in [3.63, 3.8) is 0 Å². The number of hydrogen-bond donors (Lipinski definition) is 1.